The summed E-state index contributed by atoms with van der Waals surface area (Å²) in [6.07, 6.45) is -10.9. The van der Waals surface area contributed by atoms with E-state index in [2.05, 4.69) is 5.32 Å². The molecular formula is C43H59NO16. The van der Waals surface area contributed by atoms with E-state index in [0.717, 1.165) is 14.0 Å². The smallest absolute Gasteiger partial charge is 0.460 e. The molecule has 3 fully saturated rings. The Balaban J connectivity index is 1.74. The van der Waals surface area contributed by atoms with Crippen molar-refractivity contribution in [1.82, 2.24) is 5.32 Å². The molecule has 11 atom stereocenters. The number of esters is 3. The van der Waals surface area contributed by atoms with E-state index in [1.54, 1.807) is 66.7 Å². The second-order valence-corrected chi connectivity index (χ2v) is 19.1. The molecular weight excluding hydrogens is 786 g/mol. The normalized spacial score (nSPS) is 33.1. The number of allylic oxidation sites excluding steroid dienone is 1. The van der Waals surface area contributed by atoms with Crippen molar-refractivity contribution in [3.05, 3.63) is 47.2 Å². The third kappa shape index (κ3) is 8.00. The van der Waals surface area contributed by atoms with Gasteiger partial charge in [0.05, 0.1) is 42.8 Å². The Morgan fingerprint density at radius 3 is 2.12 bits per heavy atom. The summed E-state index contributed by atoms with van der Waals surface area (Å²) >= 11 is 0. The van der Waals surface area contributed by atoms with Crippen LogP contribution in [0.1, 0.15) is 99.4 Å². The SMILES string of the molecule is COC(=O)O[C@@]12CO[C@@H]1C[C@H](O)[C@@]1(C)C(=O)C(OC(C)=O)=C3C(C)[C@@H](OC(=O)[C@@H](O)[C@H](NC(=O)OC(C)(C)C)C(C)(C)C)C[C@@](O)([C@@H](OC(=O)c4ccccc4)C12)C3(C)C. The van der Waals surface area contributed by atoms with Gasteiger partial charge in [-0.2, -0.15) is 0 Å². The number of nitrogens with one attached hydrogen (secondary N) is 1. The summed E-state index contributed by atoms with van der Waals surface area (Å²) in [5.41, 5.74) is -9.96. The molecule has 1 heterocycles. The Kier molecular flexibility index (Phi) is 12.4. The van der Waals surface area contributed by atoms with Crippen molar-refractivity contribution in [2.24, 2.45) is 28.1 Å². The van der Waals surface area contributed by atoms with E-state index in [0.29, 0.717) is 0 Å². The van der Waals surface area contributed by atoms with Gasteiger partial charge in [0.2, 0.25) is 5.78 Å². The van der Waals surface area contributed by atoms with E-state index >= 15 is 4.79 Å². The molecule has 0 radical (unpaired) electrons. The lowest BCUT2D eigenvalue weighted by atomic mass is 9.45. The molecule has 3 aliphatic carbocycles. The first-order valence-corrected chi connectivity index (χ1v) is 20.0. The van der Waals surface area contributed by atoms with Gasteiger partial charge in [-0.05, 0) is 50.8 Å². The van der Waals surface area contributed by atoms with Crippen molar-refractivity contribution >= 4 is 35.9 Å². The van der Waals surface area contributed by atoms with E-state index < -0.39 is 130 Å². The largest absolute Gasteiger partial charge is 0.508 e. The lowest BCUT2D eigenvalue weighted by molar-refractivity contribution is -0.343. The first-order chi connectivity index (χ1) is 27.6. The summed E-state index contributed by atoms with van der Waals surface area (Å²) in [4.78, 5) is 82.7. The van der Waals surface area contributed by atoms with Crippen molar-refractivity contribution < 1.29 is 77.2 Å². The maximum Gasteiger partial charge on any atom is 0.508 e. The summed E-state index contributed by atoms with van der Waals surface area (Å²) < 4.78 is 40.2. The van der Waals surface area contributed by atoms with Crippen LogP contribution in [-0.2, 0) is 47.5 Å². The first-order valence-electron chi connectivity index (χ1n) is 20.0. The van der Waals surface area contributed by atoms with Gasteiger partial charge in [-0.25, -0.2) is 19.2 Å². The molecule has 0 aromatic heterocycles. The van der Waals surface area contributed by atoms with Gasteiger partial charge in [0, 0.05) is 31.1 Å². The second-order valence-electron chi connectivity index (χ2n) is 19.1. The van der Waals surface area contributed by atoms with Crippen LogP contribution in [0.5, 0.6) is 0 Å². The number of alkyl carbamates (subject to hydrolysis) is 1. The van der Waals surface area contributed by atoms with Crippen LogP contribution in [-0.4, -0.2) is 118 Å². The molecule has 1 aliphatic heterocycles. The molecule has 1 amide bonds. The zero-order chi connectivity index (χ0) is 45.1. The average Bonchev–Trinajstić information content (AvgIpc) is 3.13. The number of fused-ring (bicyclic) bond motifs is 5. The number of amides is 1. The molecule has 5 rings (SSSR count). The molecule has 1 aromatic carbocycles. The zero-order valence-corrected chi connectivity index (χ0v) is 36.3. The van der Waals surface area contributed by atoms with Crippen LogP contribution >= 0.6 is 0 Å². The predicted octanol–water partition coefficient (Wildman–Crippen LogP) is 3.93. The van der Waals surface area contributed by atoms with Crippen molar-refractivity contribution in [3.63, 3.8) is 0 Å². The van der Waals surface area contributed by atoms with Crippen molar-refractivity contribution in [2.45, 2.75) is 142 Å². The van der Waals surface area contributed by atoms with Gasteiger partial charge < -0.3 is 53.8 Å². The van der Waals surface area contributed by atoms with E-state index in [1.165, 1.54) is 32.9 Å². The summed E-state index contributed by atoms with van der Waals surface area (Å²) in [5.74, 6) is -7.32. The molecule has 1 aromatic rings. The number of ketones is 1. The fraction of sp³-hybridized carbons (Fsp3) is 0.674. The minimum absolute atomic E-state index is 0.0226. The molecule has 17 nitrogen and oxygen atoms in total. The van der Waals surface area contributed by atoms with Crippen molar-refractivity contribution in [3.8, 4) is 0 Å². The molecule has 4 aliphatic rings. The van der Waals surface area contributed by atoms with Crippen LogP contribution in [0.3, 0.4) is 0 Å². The Bertz CT molecular complexity index is 1910. The number of hydrogen-bond acceptors (Lipinski definition) is 16. The quantitative estimate of drug-likeness (QED) is 0.214. The second kappa shape index (κ2) is 16.0. The van der Waals surface area contributed by atoms with E-state index in [1.807, 2.05) is 0 Å². The first kappa shape index (κ1) is 46.5. The van der Waals surface area contributed by atoms with E-state index in [4.69, 9.17) is 33.2 Å². The lowest BCUT2D eigenvalue weighted by Crippen LogP contribution is -2.81. The summed E-state index contributed by atoms with van der Waals surface area (Å²) in [6.45, 7) is 16.6. The van der Waals surface area contributed by atoms with Crippen molar-refractivity contribution in [2.75, 3.05) is 13.7 Å². The molecule has 0 spiro atoms. The highest BCUT2D eigenvalue weighted by Crippen LogP contribution is 2.65. The Morgan fingerprint density at radius 1 is 0.983 bits per heavy atom. The third-order valence-electron chi connectivity index (χ3n) is 12.7. The summed E-state index contributed by atoms with van der Waals surface area (Å²) in [7, 11) is 1.06. The third-order valence-corrected chi connectivity index (χ3v) is 12.7. The highest BCUT2D eigenvalue weighted by atomic mass is 16.8. The maximum absolute atomic E-state index is 15.4. The standard InChI is InChI=1S/C43H59NO16/c1-21-24(57-35(50)28(47)31(38(3,4)5)44-36(51)59-39(6,7)8)19-43(53)33(58-34(49)23-16-14-13-15-17-23)30-41(11,32(48)29(56-22(2)45)27(21)40(43,9)10)25(46)18-26-42(30,20-55-26)60-37(52)54-12/h13-17,21,24-26,28,30-31,33,46-47,53H,18-20H2,1-12H3,(H,44,51)/t21?,24-,25-,26+,28-,30?,31-,33-,41+,42-,43+/m0/s1. The van der Waals surface area contributed by atoms with Gasteiger partial charge in [0.1, 0.15) is 29.5 Å². The van der Waals surface area contributed by atoms with Crippen LogP contribution in [0.4, 0.5) is 9.59 Å². The van der Waals surface area contributed by atoms with Gasteiger partial charge in [-0.3, -0.25) is 9.59 Å². The number of Topliss-reactive ketones (excluding diaryl/α,β-unsaturated/α-hetero) is 1. The fourth-order valence-corrected chi connectivity index (χ4v) is 9.51. The van der Waals surface area contributed by atoms with Gasteiger partial charge in [0.15, 0.2) is 17.5 Å². The van der Waals surface area contributed by atoms with Gasteiger partial charge in [-0.1, -0.05) is 59.7 Å². The highest BCUT2D eigenvalue weighted by Gasteiger charge is 2.78. The minimum atomic E-state index is -2.42. The summed E-state index contributed by atoms with van der Waals surface area (Å²) in [5, 5.41) is 39.8. The molecule has 2 unspecified atom stereocenters. The minimum Gasteiger partial charge on any atom is -0.460 e. The summed E-state index contributed by atoms with van der Waals surface area (Å²) in [6, 6.07) is 6.50. The van der Waals surface area contributed by atoms with Crippen LogP contribution < -0.4 is 5.32 Å². The van der Waals surface area contributed by atoms with Gasteiger partial charge in [0.25, 0.3) is 0 Å². The number of ether oxygens (including phenoxy) is 7. The Labute approximate surface area is 349 Å². The lowest BCUT2D eigenvalue weighted by Gasteiger charge is -2.67. The monoisotopic (exact) mass is 845 g/mol. The number of aliphatic hydroxyl groups excluding tert-OH is 2. The number of aliphatic hydroxyl groups is 3. The highest BCUT2D eigenvalue weighted by molar-refractivity contribution is 6.02. The van der Waals surface area contributed by atoms with Gasteiger partial charge >= 0.3 is 30.2 Å². The number of benzene rings is 1. The number of carbonyl (C=O) groups is 6. The molecule has 2 bridgehead atoms. The zero-order valence-electron chi connectivity index (χ0n) is 36.3. The molecule has 60 heavy (non-hydrogen) atoms. The van der Waals surface area contributed by atoms with Crippen molar-refractivity contribution in [1.29, 1.82) is 0 Å². The van der Waals surface area contributed by atoms with Gasteiger partial charge in [-0.15, -0.1) is 0 Å². The topological polar surface area (TPSA) is 240 Å². The average molecular weight is 846 g/mol. The number of methoxy groups -OCH3 is 1. The molecule has 4 N–H and O–H groups in total. The number of carbonyl (C=O) groups excluding carboxylic acids is 6. The predicted molar refractivity (Wildman–Crippen MR) is 209 cm³/mol. The molecule has 332 valence electrons. The van der Waals surface area contributed by atoms with Crippen LogP contribution in [0.25, 0.3) is 0 Å². The number of rotatable bonds is 8. The Morgan fingerprint density at radius 2 is 1.60 bits per heavy atom. The molecule has 1 saturated heterocycles. The fourth-order valence-electron chi connectivity index (χ4n) is 9.51. The number of hydrogen-bond donors (Lipinski definition) is 4. The Hall–Kier alpha value is -4.58. The van der Waals surface area contributed by atoms with Crippen LogP contribution in [0, 0.1) is 28.1 Å². The van der Waals surface area contributed by atoms with Crippen LogP contribution in [0.15, 0.2) is 41.7 Å². The molecule has 2 saturated carbocycles. The maximum atomic E-state index is 15.4. The van der Waals surface area contributed by atoms with E-state index in [-0.39, 0.29) is 24.2 Å². The van der Waals surface area contributed by atoms with Crippen LogP contribution in [0.2, 0.25) is 0 Å². The van der Waals surface area contributed by atoms with E-state index in [9.17, 15) is 39.3 Å². The molecule has 17 heteroatoms.